The van der Waals surface area contributed by atoms with Crippen LogP contribution in [0.3, 0.4) is 0 Å². The van der Waals surface area contributed by atoms with E-state index in [0.717, 1.165) is 18.5 Å². The molecule has 0 bridgehead atoms. The van der Waals surface area contributed by atoms with E-state index in [9.17, 15) is 0 Å². The second-order valence-corrected chi connectivity index (χ2v) is 5.49. The number of methoxy groups -OCH3 is 1. The van der Waals surface area contributed by atoms with Gasteiger partial charge in [-0.15, -0.1) is 0 Å². The number of nitrogens with one attached hydrogen (secondary N) is 1. The maximum atomic E-state index is 5.64. The smallest absolute Gasteiger partial charge is 0.0802 e. The van der Waals surface area contributed by atoms with Gasteiger partial charge in [-0.3, -0.25) is 0 Å². The molecule has 2 unspecified atom stereocenters. The van der Waals surface area contributed by atoms with Gasteiger partial charge in [0.25, 0.3) is 0 Å². The molecule has 0 spiro atoms. The zero-order valence-corrected chi connectivity index (χ0v) is 10.2. The summed E-state index contributed by atoms with van der Waals surface area (Å²) < 4.78 is 5.64. The number of rotatable bonds is 4. The lowest BCUT2D eigenvalue weighted by atomic mass is 9.79. The van der Waals surface area contributed by atoms with Crippen molar-refractivity contribution in [3.05, 3.63) is 0 Å². The summed E-state index contributed by atoms with van der Waals surface area (Å²) in [6.07, 6.45) is 9.43. The summed E-state index contributed by atoms with van der Waals surface area (Å²) in [5, 5.41) is 3.74. The van der Waals surface area contributed by atoms with Gasteiger partial charge < -0.3 is 10.1 Å². The van der Waals surface area contributed by atoms with Crippen LogP contribution in [0.2, 0.25) is 0 Å². The van der Waals surface area contributed by atoms with Crippen molar-refractivity contribution in [2.75, 3.05) is 13.7 Å². The van der Waals surface area contributed by atoms with Crippen LogP contribution in [0.4, 0.5) is 0 Å². The molecule has 2 aliphatic carbocycles. The predicted octanol–water partition coefficient (Wildman–Crippen LogP) is 2.72. The molecule has 0 aromatic carbocycles. The van der Waals surface area contributed by atoms with Gasteiger partial charge in [-0.2, -0.15) is 0 Å². The largest absolute Gasteiger partial charge is 0.377 e. The van der Waals surface area contributed by atoms with Gasteiger partial charge in [0.15, 0.2) is 0 Å². The summed E-state index contributed by atoms with van der Waals surface area (Å²) in [6.45, 7) is 3.45. The minimum atomic E-state index is 0.192. The SMILES string of the molecule is COC1(CNC2CCCCC2C)CCC1. The van der Waals surface area contributed by atoms with Gasteiger partial charge in [0.05, 0.1) is 5.60 Å². The van der Waals surface area contributed by atoms with Crippen LogP contribution in [0.1, 0.15) is 51.9 Å². The Morgan fingerprint density at radius 2 is 1.93 bits per heavy atom. The first kappa shape index (κ1) is 11.4. The van der Waals surface area contributed by atoms with Crippen molar-refractivity contribution in [2.45, 2.75) is 63.5 Å². The Labute approximate surface area is 93.8 Å². The quantitative estimate of drug-likeness (QED) is 0.772. The molecule has 0 aromatic heterocycles. The van der Waals surface area contributed by atoms with Crippen LogP contribution in [-0.4, -0.2) is 25.3 Å². The highest BCUT2D eigenvalue weighted by molar-refractivity contribution is 4.93. The van der Waals surface area contributed by atoms with E-state index < -0.39 is 0 Å². The van der Waals surface area contributed by atoms with Crippen LogP contribution in [0, 0.1) is 5.92 Å². The fourth-order valence-electron chi connectivity index (χ4n) is 2.96. The highest BCUT2D eigenvalue weighted by Crippen LogP contribution is 2.35. The highest BCUT2D eigenvalue weighted by Gasteiger charge is 2.37. The monoisotopic (exact) mass is 211 g/mol. The summed E-state index contributed by atoms with van der Waals surface area (Å²) in [5.74, 6) is 0.854. The van der Waals surface area contributed by atoms with Gasteiger partial charge in [0, 0.05) is 19.7 Å². The molecule has 15 heavy (non-hydrogen) atoms. The van der Waals surface area contributed by atoms with Gasteiger partial charge in [0.2, 0.25) is 0 Å². The van der Waals surface area contributed by atoms with Crippen molar-refractivity contribution in [2.24, 2.45) is 5.92 Å². The molecule has 0 saturated heterocycles. The summed E-state index contributed by atoms with van der Waals surface area (Å²) in [7, 11) is 1.87. The summed E-state index contributed by atoms with van der Waals surface area (Å²) in [4.78, 5) is 0. The van der Waals surface area contributed by atoms with Gasteiger partial charge in [0.1, 0.15) is 0 Å². The Bertz CT molecular complexity index is 195. The Morgan fingerprint density at radius 3 is 2.47 bits per heavy atom. The lowest BCUT2D eigenvalue weighted by molar-refractivity contribution is -0.0722. The fraction of sp³-hybridized carbons (Fsp3) is 1.00. The molecule has 2 atom stereocenters. The number of ether oxygens (including phenoxy) is 1. The molecule has 88 valence electrons. The van der Waals surface area contributed by atoms with E-state index in [4.69, 9.17) is 4.74 Å². The summed E-state index contributed by atoms with van der Waals surface area (Å²) >= 11 is 0. The Balaban J connectivity index is 1.76. The first-order valence-corrected chi connectivity index (χ1v) is 6.54. The number of hydrogen-bond donors (Lipinski definition) is 1. The van der Waals surface area contributed by atoms with Crippen LogP contribution in [-0.2, 0) is 4.74 Å². The minimum Gasteiger partial charge on any atom is -0.377 e. The third kappa shape index (κ3) is 2.54. The van der Waals surface area contributed by atoms with Gasteiger partial charge in [-0.05, 0) is 38.0 Å². The molecule has 2 heteroatoms. The molecular formula is C13H25NO. The van der Waals surface area contributed by atoms with Gasteiger partial charge in [-0.1, -0.05) is 19.8 Å². The third-order valence-electron chi connectivity index (χ3n) is 4.50. The zero-order valence-electron chi connectivity index (χ0n) is 10.2. The van der Waals surface area contributed by atoms with Crippen LogP contribution >= 0.6 is 0 Å². The van der Waals surface area contributed by atoms with Crippen LogP contribution in [0.25, 0.3) is 0 Å². The molecule has 2 nitrogen and oxygen atoms in total. The van der Waals surface area contributed by atoms with E-state index in [0.29, 0.717) is 0 Å². The second-order valence-electron chi connectivity index (χ2n) is 5.49. The first-order chi connectivity index (χ1) is 7.26. The average molecular weight is 211 g/mol. The summed E-state index contributed by atoms with van der Waals surface area (Å²) in [5.41, 5.74) is 0.192. The van der Waals surface area contributed by atoms with E-state index in [-0.39, 0.29) is 5.60 Å². The third-order valence-corrected chi connectivity index (χ3v) is 4.50. The van der Waals surface area contributed by atoms with Crippen LogP contribution in [0.5, 0.6) is 0 Å². The second kappa shape index (κ2) is 4.84. The first-order valence-electron chi connectivity index (χ1n) is 6.54. The molecule has 2 aliphatic rings. The fourth-order valence-corrected chi connectivity index (χ4v) is 2.96. The Morgan fingerprint density at radius 1 is 1.20 bits per heavy atom. The predicted molar refractivity (Wildman–Crippen MR) is 63.0 cm³/mol. The van der Waals surface area contributed by atoms with E-state index in [1.807, 2.05) is 7.11 Å². The topological polar surface area (TPSA) is 21.3 Å². The van der Waals surface area contributed by atoms with Gasteiger partial charge in [-0.25, -0.2) is 0 Å². The maximum absolute atomic E-state index is 5.64. The standard InChI is InChI=1S/C13H25NO/c1-11-6-3-4-7-12(11)14-10-13(15-2)8-5-9-13/h11-12,14H,3-10H2,1-2H3. The van der Waals surface area contributed by atoms with Crippen molar-refractivity contribution in [3.8, 4) is 0 Å². The molecule has 2 fully saturated rings. The van der Waals surface area contributed by atoms with Crippen molar-refractivity contribution in [1.29, 1.82) is 0 Å². The van der Waals surface area contributed by atoms with Crippen molar-refractivity contribution < 1.29 is 4.74 Å². The molecular weight excluding hydrogens is 186 g/mol. The van der Waals surface area contributed by atoms with E-state index in [2.05, 4.69) is 12.2 Å². The van der Waals surface area contributed by atoms with Crippen LogP contribution in [0.15, 0.2) is 0 Å². The molecule has 0 heterocycles. The number of hydrogen-bond acceptors (Lipinski definition) is 2. The highest BCUT2D eigenvalue weighted by atomic mass is 16.5. The lowest BCUT2D eigenvalue weighted by Crippen LogP contribution is -2.51. The van der Waals surface area contributed by atoms with Crippen molar-refractivity contribution >= 4 is 0 Å². The molecule has 2 rings (SSSR count). The Kier molecular flexibility index (Phi) is 3.68. The molecule has 0 amide bonds. The molecule has 1 N–H and O–H groups in total. The summed E-state index contributed by atoms with van der Waals surface area (Å²) in [6, 6.07) is 0.742. The van der Waals surface area contributed by atoms with E-state index >= 15 is 0 Å². The normalized spacial score (nSPS) is 34.8. The van der Waals surface area contributed by atoms with Gasteiger partial charge >= 0.3 is 0 Å². The average Bonchev–Trinajstić information content (AvgIpc) is 2.19. The molecule has 0 aromatic rings. The van der Waals surface area contributed by atoms with E-state index in [1.54, 1.807) is 0 Å². The Hall–Kier alpha value is -0.0800. The molecule has 0 radical (unpaired) electrons. The molecule has 2 saturated carbocycles. The zero-order chi connectivity index (χ0) is 10.7. The van der Waals surface area contributed by atoms with Crippen LogP contribution < -0.4 is 5.32 Å². The van der Waals surface area contributed by atoms with E-state index in [1.165, 1.54) is 44.9 Å². The van der Waals surface area contributed by atoms with Crippen molar-refractivity contribution in [1.82, 2.24) is 5.32 Å². The minimum absolute atomic E-state index is 0.192. The van der Waals surface area contributed by atoms with Crippen molar-refractivity contribution in [3.63, 3.8) is 0 Å². The lowest BCUT2D eigenvalue weighted by Gasteiger charge is -2.42. The molecule has 0 aliphatic heterocycles. The maximum Gasteiger partial charge on any atom is 0.0802 e.